The molecular weight excluding hydrogens is 510 g/mol. The molecule has 5 rings (SSSR count). The summed E-state index contributed by atoms with van der Waals surface area (Å²) < 4.78 is 37.9. The number of rotatable bonds is 5. The molecule has 36 heavy (non-hydrogen) atoms. The van der Waals surface area contributed by atoms with Crippen LogP contribution in [0.15, 0.2) is 71.6 Å². The van der Waals surface area contributed by atoms with Crippen molar-refractivity contribution in [1.29, 1.82) is 0 Å². The van der Waals surface area contributed by atoms with E-state index in [0.29, 0.717) is 50.1 Å². The molecule has 0 atom stereocenters. The number of H-pyrrole nitrogens is 1. The largest absolute Gasteiger partial charge is 0.507 e. The molecule has 1 heterocycles. The van der Waals surface area contributed by atoms with Crippen molar-refractivity contribution in [3.63, 3.8) is 0 Å². The topological polar surface area (TPSA) is 156 Å². The first-order valence-electron chi connectivity index (χ1n) is 10.2. The van der Waals surface area contributed by atoms with Gasteiger partial charge in [0.25, 0.3) is 15.8 Å². The lowest BCUT2D eigenvalue weighted by atomic mass is 10.0. The number of non-ortho nitro benzene ring substituents is 1. The highest BCUT2D eigenvalue weighted by Gasteiger charge is 2.18. The highest BCUT2D eigenvalue weighted by molar-refractivity contribution is 7.85. The van der Waals surface area contributed by atoms with E-state index in [4.69, 9.17) is 4.74 Å². The second-order valence-corrected chi connectivity index (χ2v) is 9.21. The number of fused-ring (bicyclic) bond motifs is 3. The normalized spacial score (nSPS) is 11.4. The van der Waals surface area contributed by atoms with E-state index in [1.807, 2.05) is 0 Å². The maximum Gasteiger partial charge on any atom is 0.294 e. The first-order valence-corrected chi connectivity index (χ1v) is 11.7. The molecule has 0 unspecified atom stereocenters. The first-order chi connectivity index (χ1) is 16.7. The summed E-state index contributed by atoms with van der Waals surface area (Å²) in [5.74, 6) is 0.565. The molecule has 0 saturated carbocycles. The maximum atomic E-state index is 11.5. The number of nitrogens with one attached hydrogen (secondary N) is 1. The summed E-state index contributed by atoms with van der Waals surface area (Å²) in [4.78, 5) is 18.0. The standard InChI is InChI=1S/C24H17N3O7S.ClH/c1-34-21-11-14(13-3-2-4-16(9-13)27(29)30)5-7-18(21)24-25-19-8-6-15-10-17(35(31,32)33)12-20(28)22(15)23(19)26-24;/h2-12,28H,1H3,(H,25,26)(H,31,32,33);1H. The van der Waals surface area contributed by atoms with Crippen LogP contribution in [-0.2, 0) is 10.1 Å². The summed E-state index contributed by atoms with van der Waals surface area (Å²) >= 11 is 0. The molecule has 0 saturated heterocycles. The summed E-state index contributed by atoms with van der Waals surface area (Å²) in [6.45, 7) is 0. The van der Waals surface area contributed by atoms with Gasteiger partial charge < -0.3 is 14.8 Å². The van der Waals surface area contributed by atoms with Crippen molar-refractivity contribution in [3.8, 4) is 34.0 Å². The van der Waals surface area contributed by atoms with Crippen molar-refractivity contribution < 1.29 is 27.7 Å². The Hall–Kier alpha value is -4.19. The molecule has 3 N–H and O–H groups in total. The van der Waals surface area contributed by atoms with Gasteiger partial charge in [-0.3, -0.25) is 14.7 Å². The smallest absolute Gasteiger partial charge is 0.294 e. The number of aromatic nitrogens is 2. The van der Waals surface area contributed by atoms with Gasteiger partial charge in [-0.05, 0) is 40.8 Å². The number of aromatic amines is 1. The molecule has 184 valence electrons. The molecule has 0 aliphatic heterocycles. The number of ether oxygens (including phenoxy) is 1. The van der Waals surface area contributed by atoms with Crippen molar-refractivity contribution in [2.45, 2.75) is 4.90 Å². The van der Waals surface area contributed by atoms with E-state index in [0.717, 1.165) is 6.07 Å². The van der Waals surface area contributed by atoms with Crippen LogP contribution in [0, 0.1) is 10.1 Å². The average molecular weight is 528 g/mol. The molecule has 12 heteroatoms. The Bertz CT molecular complexity index is 1770. The van der Waals surface area contributed by atoms with E-state index in [-0.39, 0.29) is 23.8 Å². The van der Waals surface area contributed by atoms with Crippen LogP contribution in [0.1, 0.15) is 0 Å². The fraction of sp³-hybridized carbons (Fsp3) is 0.0417. The van der Waals surface area contributed by atoms with Gasteiger partial charge in [0.05, 0.1) is 33.4 Å². The first kappa shape index (κ1) is 24.9. The Labute approximate surface area is 210 Å². The molecule has 4 aromatic carbocycles. The summed E-state index contributed by atoms with van der Waals surface area (Å²) in [6, 6.07) is 17.1. The highest BCUT2D eigenvalue weighted by Crippen LogP contribution is 2.38. The molecule has 0 aliphatic carbocycles. The number of imidazole rings is 1. The number of nitro groups is 1. The molecule has 0 fully saturated rings. The SMILES string of the molecule is COc1cc(-c2cccc([N+](=O)[O-])c2)ccc1-c1nc2c(ccc3cc(S(=O)(=O)O)cc(O)c32)[nH]1.Cl. The zero-order valence-electron chi connectivity index (χ0n) is 18.5. The predicted octanol–water partition coefficient (Wildman–Crippen LogP) is 5.34. The van der Waals surface area contributed by atoms with E-state index >= 15 is 0 Å². The minimum atomic E-state index is -4.49. The lowest BCUT2D eigenvalue weighted by Gasteiger charge is -2.09. The van der Waals surface area contributed by atoms with Crippen molar-refractivity contribution in [2.75, 3.05) is 7.11 Å². The molecule has 0 spiro atoms. The van der Waals surface area contributed by atoms with Gasteiger partial charge >= 0.3 is 0 Å². The van der Waals surface area contributed by atoms with Gasteiger partial charge in [0.15, 0.2) is 0 Å². The Morgan fingerprint density at radius 2 is 1.78 bits per heavy atom. The van der Waals surface area contributed by atoms with Crippen LogP contribution in [0.25, 0.3) is 44.3 Å². The van der Waals surface area contributed by atoms with Gasteiger partial charge in [-0.1, -0.05) is 24.3 Å². The number of halogens is 1. The van der Waals surface area contributed by atoms with Crippen LogP contribution in [0.3, 0.4) is 0 Å². The van der Waals surface area contributed by atoms with Crippen LogP contribution in [0.2, 0.25) is 0 Å². The summed E-state index contributed by atoms with van der Waals surface area (Å²) in [5, 5.41) is 22.3. The van der Waals surface area contributed by atoms with Crippen molar-refractivity contribution in [3.05, 3.63) is 76.8 Å². The van der Waals surface area contributed by atoms with Crippen LogP contribution in [0.4, 0.5) is 5.69 Å². The number of phenolic OH excluding ortho intramolecular Hbond substituents is 1. The minimum Gasteiger partial charge on any atom is -0.507 e. The number of benzene rings is 4. The highest BCUT2D eigenvalue weighted by atomic mass is 35.5. The molecular formula is C24H18ClN3O7S. The molecule has 1 aromatic heterocycles. The van der Waals surface area contributed by atoms with E-state index in [9.17, 15) is 28.2 Å². The minimum absolute atomic E-state index is 0. The van der Waals surface area contributed by atoms with Crippen LogP contribution in [0.5, 0.6) is 11.5 Å². The van der Waals surface area contributed by atoms with E-state index in [1.165, 1.54) is 25.3 Å². The van der Waals surface area contributed by atoms with Crippen molar-refractivity contribution >= 4 is 50.0 Å². The summed E-state index contributed by atoms with van der Waals surface area (Å²) in [6.07, 6.45) is 0. The van der Waals surface area contributed by atoms with E-state index in [1.54, 1.807) is 42.5 Å². The molecule has 0 radical (unpaired) electrons. The Morgan fingerprint density at radius 3 is 2.47 bits per heavy atom. The summed E-state index contributed by atoms with van der Waals surface area (Å²) in [7, 11) is -3.00. The summed E-state index contributed by atoms with van der Waals surface area (Å²) in [5.41, 5.74) is 2.95. The van der Waals surface area contributed by atoms with Crippen molar-refractivity contribution in [2.24, 2.45) is 0 Å². The quantitative estimate of drug-likeness (QED) is 0.157. The molecule has 0 aliphatic rings. The van der Waals surface area contributed by atoms with Gasteiger partial charge in [-0.2, -0.15) is 8.42 Å². The predicted molar refractivity (Wildman–Crippen MR) is 136 cm³/mol. The van der Waals surface area contributed by atoms with Crippen LogP contribution < -0.4 is 4.74 Å². The fourth-order valence-corrected chi connectivity index (χ4v) is 4.56. The zero-order chi connectivity index (χ0) is 24.9. The number of nitrogens with zero attached hydrogens (tertiary/aromatic N) is 2. The Balaban J connectivity index is 0.00000304. The maximum absolute atomic E-state index is 11.5. The molecule has 5 aromatic rings. The van der Waals surface area contributed by atoms with Crippen LogP contribution >= 0.6 is 12.4 Å². The van der Waals surface area contributed by atoms with E-state index < -0.39 is 19.9 Å². The third kappa shape index (κ3) is 4.31. The molecule has 0 bridgehead atoms. The Morgan fingerprint density at radius 1 is 1.03 bits per heavy atom. The number of hydrogen-bond acceptors (Lipinski definition) is 7. The fourth-order valence-electron chi connectivity index (χ4n) is 4.02. The van der Waals surface area contributed by atoms with Gasteiger partial charge in [-0.25, -0.2) is 4.98 Å². The van der Waals surface area contributed by atoms with E-state index in [2.05, 4.69) is 9.97 Å². The van der Waals surface area contributed by atoms with Gasteiger partial charge in [-0.15, -0.1) is 12.4 Å². The number of methoxy groups -OCH3 is 1. The number of phenols is 1. The molecule has 10 nitrogen and oxygen atoms in total. The number of hydrogen-bond donors (Lipinski definition) is 3. The third-order valence-electron chi connectivity index (χ3n) is 5.66. The lowest BCUT2D eigenvalue weighted by molar-refractivity contribution is -0.384. The molecule has 0 amide bonds. The van der Waals surface area contributed by atoms with Gasteiger partial charge in [0.2, 0.25) is 0 Å². The zero-order valence-corrected chi connectivity index (χ0v) is 20.1. The second-order valence-electron chi connectivity index (χ2n) is 7.79. The lowest BCUT2D eigenvalue weighted by Crippen LogP contribution is -1.97. The van der Waals surface area contributed by atoms with Gasteiger partial charge in [0, 0.05) is 18.2 Å². The monoisotopic (exact) mass is 527 g/mol. The van der Waals surface area contributed by atoms with Gasteiger partial charge in [0.1, 0.15) is 22.8 Å². The van der Waals surface area contributed by atoms with Crippen molar-refractivity contribution in [1.82, 2.24) is 9.97 Å². The Kier molecular flexibility index (Phi) is 6.31. The average Bonchev–Trinajstić information content (AvgIpc) is 3.27. The number of aromatic hydroxyl groups is 1. The third-order valence-corrected chi connectivity index (χ3v) is 6.50. The number of nitro benzene ring substituents is 1. The van der Waals surface area contributed by atoms with Crippen LogP contribution in [-0.4, -0.2) is 40.1 Å². The second kappa shape index (κ2) is 9.11.